The monoisotopic (exact) mass is 244 g/mol. The Kier molecular flexibility index (Phi) is 4.89. The van der Waals surface area contributed by atoms with Gasteiger partial charge in [-0.15, -0.1) is 0 Å². The first kappa shape index (κ1) is 13.9. The van der Waals surface area contributed by atoms with E-state index in [1.165, 1.54) is 4.90 Å². The summed E-state index contributed by atoms with van der Waals surface area (Å²) >= 11 is 0. The minimum Gasteiger partial charge on any atom is -0.479 e. The fraction of sp³-hybridized carbons (Fsp3) is 0.818. The van der Waals surface area contributed by atoms with Crippen LogP contribution in [0, 0.1) is 5.92 Å². The van der Waals surface area contributed by atoms with Gasteiger partial charge in [0, 0.05) is 6.54 Å². The van der Waals surface area contributed by atoms with Gasteiger partial charge in [-0.3, -0.25) is 4.79 Å². The Balaban J connectivity index is 2.60. The van der Waals surface area contributed by atoms with Crippen LogP contribution < -0.4 is 5.73 Å². The number of morpholine rings is 1. The third-order valence-corrected chi connectivity index (χ3v) is 3.20. The topological polar surface area (TPSA) is 92.9 Å². The van der Waals surface area contributed by atoms with Gasteiger partial charge in [0.1, 0.15) is 0 Å². The molecule has 0 aromatic rings. The fourth-order valence-corrected chi connectivity index (χ4v) is 1.71. The standard InChI is InChI=1S/C11H20N2O4/c1-3-7(2)9(12)10(14)13-4-5-17-8(6-13)11(15)16/h7-9H,3-6,12H2,1-2H3,(H,15,16)/t7?,8?,9-/m0/s1. The lowest BCUT2D eigenvalue weighted by molar-refractivity contribution is -0.160. The van der Waals surface area contributed by atoms with Gasteiger partial charge in [0.2, 0.25) is 5.91 Å². The molecule has 0 aliphatic carbocycles. The normalized spacial score (nSPS) is 24.2. The van der Waals surface area contributed by atoms with Gasteiger partial charge < -0.3 is 20.5 Å². The van der Waals surface area contributed by atoms with Crippen molar-refractivity contribution >= 4 is 11.9 Å². The number of hydrogen-bond acceptors (Lipinski definition) is 4. The van der Waals surface area contributed by atoms with Gasteiger partial charge in [0.05, 0.1) is 19.2 Å². The van der Waals surface area contributed by atoms with Crippen molar-refractivity contribution < 1.29 is 19.4 Å². The number of rotatable bonds is 4. The van der Waals surface area contributed by atoms with E-state index in [0.717, 1.165) is 6.42 Å². The van der Waals surface area contributed by atoms with Gasteiger partial charge >= 0.3 is 5.97 Å². The average Bonchev–Trinajstić information content (AvgIpc) is 2.36. The number of ether oxygens (including phenoxy) is 1. The molecule has 6 nitrogen and oxygen atoms in total. The molecule has 1 amide bonds. The van der Waals surface area contributed by atoms with E-state index < -0.39 is 18.1 Å². The molecule has 1 heterocycles. The molecule has 6 heteroatoms. The first-order valence-corrected chi connectivity index (χ1v) is 5.86. The second-order valence-corrected chi connectivity index (χ2v) is 4.39. The molecule has 1 aliphatic heterocycles. The highest BCUT2D eigenvalue weighted by atomic mass is 16.5. The number of hydrogen-bond donors (Lipinski definition) is 2. The summed E-state index contributed by atoms with van der Waals surface area (Å²) in [7, 11) is 0. The van der Waals surface area contributed by atoms with E-state index in [-0.39, 0.29) is 25.0 Å². The molecule has 0 saturated carbocycles. The van der Waals surface area contributed by atoms with Crippen molar-refractivity contribution in [3.8, 4) is 0 Å². The number of amides is 1. The van der Waals surface area contributed by atoms with Gasteiger partial charge in [0.25, 0.3) is 0 Å². The third-order valence-electron chi connectivity index (χ3n) is 3.20. The Hall–Kier alpha value is -1.14. The molecular formula is C11H20N2O4. The van der Waals surface area contributed by atoms with Crippen molar-refractivity contribution in [3.05, 3.63) is 0 Å². The van der Waals surface area contributed by atoms with Crippen LogP contribution in [0.2, 0.25) is 0 Å². The summed E-state index contributed by atoms with van der Waals surface area (Å²) in [6.07, 6.45) is -0.114. The number of carbonyl (C=O) groups excluding carboxylic acids is 1. The number of carboxylic acid groups (broad SMARTS) is 1. The summed E-state index contributed by atoms with van der Waals surface area (Å²) in [6.45, 7) is 4.62. The van der Waals surface area contributed by atoms with Crippen LogP contribution in [-0.4, -0.2) is 53.7 Å². The molecule has 0 bridgehead atoms. The molecular weight excluding hydrogens is 224 g/mol. The van der Waals surface area contributed by atoms with Crippen molar-refractivity contribution in [2.45, 2.75) is 32.4 Å². The highest BCUT2D eigenvalue weighted by molar-refractivity contribution is 5.83. The average molecular weight is 244 g/mol. The molecule has 98 valence electrons. The van der Waals surface area contributed by atoms with Crippen molar-refractivity contribution in [3.63, 3.8) is 0 Å². The van der Waals surface area contributed by atoms with Crippen molar-refractivity contribution in [1.29, 1.82) is 0 Å². The van der Waals surface area contributed by atoms with Gasteiger partial charge in [-0.2, -0.15) is 0 Å². The molecule has 2 unspecified atom stereocenters. The van der Waals surface area contributed by atoms with E-state index in [9.17, 15) is 9.59 Å². The molecule has 0 radical (unpaired) electrons. The van der Waals surface area contributed by atoms with Crippen LogP contribution in [0.3, 0.4) is 0 Å². The molecule has 3 N–H and O–H groups in total. The van der Waals surface area contributed by atoms with Gasteiger partial charge in [-0.1, -0.05) is 20.3 Å². The van der Waals surface area contributed by atoms with Crippen molar-refractivity contribution in [1.82, 2.24) is 4.90 Å². The maximum Gasteiger partial charge on any atom is 0.334 e. The summed E-state index contributed by atoms with van der Waals surface area (Å²) in [5, 5.41) is 8.84. The van der Waals surface area contributed by atoms with E-state index in [1.54, 1.807) is 0 Å². The Morgan fingerprint density at radius 3 is 2.76 bits per heavy atom. The predicted molar refractivity (Wildman–Crippen MR) is 61.4 cm³/mol. The molecule has 1 saturated heterocycles. The Bertz CT molecular complexity index is 295. The number of carbonyl (C=O) groups is 2. The zero-order valence-corrected chi connectivity index (χ0v) is 10.3. The van der Waals surface area contributed by atoms with Gasteiger partial charge in [-0.05, 0) is 5.92 Å². The highest BCUT2D eigenvalue weighted by Gasteiger charge is 2.32. The van der Waals surface area contributed by atoms with Crippen LogP contribution in [0.1, 0.15) is 20.3 Å². The Morgan fingerprint density at radius 2 is 2.24 bits per heavy atom. The maximum atomic E-state index is 12.0. The highest BCUT2D eigenvalue weighted by Crippen LogP contribution is 2.12. The van der Waals surface area contributed by atoms with Crippen molar-refractivity contribution in [2.24, 2.45) is 11.7 Å². The van der Waals surface area contributed by atoms with Crippen LogP contribution in [0.5, 0.6) is 0 Å². The number of nitrogens with two attached hydrogens (primary N) is 1. The zero-order valence-electron chi connectivity index (χ0n) is 10.3. The molecule has 17 heavy (non-hydrogen) atoms. The first-order chi connectivity index (χ1) is 7.97. The van der Waals surface area contributed by atoms with Crippen LogP contribution >= 0.6 is 0 Å². The van der Waals surface area contributed by atoms with Crippen LogP contribution in [0.25, 0.3) is 0 Å². The van der Waals surface area contributed by atoms with Crippen molar-refractivity contribution in [2.75, 3.05) is 19.7 Å². The third kappa shape index (κ3) is 3.41. The summed E-state index contributed by atoms with van der Waals surface area (Å²) < 4.78 is 5.05. The number of aliphatic carboxylic acids is 1. The van der Waals surface area contributed by atoms with Crippen LogP contribution in [0.4, 0.5) is 0 Å². The van der Waals surface area contributed by atoms with E-state index in [1.807, 2.05) is 13.8 Å². The number of carboxylic acids is 1. The lowest BCUT2D eigenvalue weighted by Gasteiger charge is -2.33. The second kappa shape index (κ2) is 5.97. The number of nitrogens with zero attached hydrogens (tertiary/aromatic N) is 1. The van der Waals surface area contributed by atoms with E-state index in [4.69, 9.17) is 15.6 Å². The van der Waals surface area contributed by atoms with Crippen LogP contribution in [-0.2, 0) is 14.3 Å². The fourth-order valence-electron chi connectivity index (χ4n) is 1.71. The van der Waals surface area contributed by atoms with Gasteiger partial charge in [-0.25, -0.2) is 4.79 Å². The molecule has 1 rings (SSSR count). The SMILES string of the molecule is CCC(C)[C@H](N)C(=O)N1CCOC(C(=O)O)C1. The largest absolute Gasteiger partial charge is 0.479 e. The Labute approximate surface area is 101 Å². The van der Waals surface area contributed by atoms with E-state index >= 15 is 0 Å². The first-order valence-electron chi connectivity index (χ1n) is 5.86. The summed E-state index contributed by atoms with van der Waals surface area (Å²) in [6, 6.07) is -0.562. The molecule has 0 spiro atoms. The maximum absolute atomic E-state index is 12.0. The molecule has 1 aliphatic rings. The molecule has 1 fully saturated rings. The summed E-state index contributed by atoms with van der Waals surface area (Å²) in [5.41, 5.74) is 5.84. The zero-order chi connectivity index (χ0) is 13.0. The summed E-state index contributed by atoms with van der Waals surface area (Å²) in [5.74, 6) is -1.14. The minimum atomic E-state index is -1.04. The minimum absolute atomic E-state index is 0.0816. The quantitative estimate of drug-likeness (QED) is 0.706. The summed E-state index contributed by atoms with van der Waals surface area (Å²) in [4.78, 5) is 24.3. The molecule has 0 aromatic carbocycles. The molecule has 3 atom stereocenters. The smallest absolute Gasteiger partial charge is 0.334 e. The lowest BCUT2D eigenvalue weighted by atomic mass is 9.98. The predicted octanol–water partition coefficient (Wildman–Crippen LogP) is -0.328. The van der Waals surface area contributed by atoms with E-state index in [0.29, 0.717) is 6.54 Å². The van der Waals surface area contributed by atoms with Gasteiger partial charge in [0.15, 0.2) is 6.10 Å². The Morgan fingerprint density at radius 1 is 1.59 bits per heavy atom. The second-order valence-electron chi connectivity index (χ2n) is 4.39. The van der Waals surface area contributed by atoms with Crippen LogP contribution in [0.15, 0.2) is 0 Å². The molecule has 0 aromatic heterocycles. The van der Waals surface area contributed by atoms with E-state index in [2.05, 4.69) is 0 Å². The lowest BCUT2D eigenvalue weighted by Crippen LogP contribution is -2.54.